The van der Waals surface area contributed by atoms with E-state index in [-0.39, 0.29) is 10.8 Å². The number of sulfonamides is 1. The zero-order valence-corrected chi connectivity index (χ0v) is 17.9. The fraction of sp³-hybridized carbons (Fsp3) is 0.227. The van der Waals surface area contributed by atoms with Crippen LogP contribution < -0.4 is 4.72 Å². The first-order valence-corrected chi connectivity index (χ1v) is 11.4. The number of aliphatic imine (C=N–C) groups is 1. The van der Waals surface area contributed by atoms with Gasteiger partial charge in [-0.25, -0.2) is 13.1 Å². The molecule has 3 aromatic rings. The molecule has 0 unspecified atom stereocenters. The first kappa shape index (κ1) is 20.8. The number of nitrogens with zero attached hydrogens (tertiary/aromatic N) is 4. The summed E-state index contributed by atoms with van der Waals surface area (Å²) in [7, 11) is -1.78. The predicted octanol–water partition coefficient (Wildman–Crippen LogP) is 2.35. The Hall–Kier alpha value is -3.46. The summed E-state index contributed by atoms with van der Waals surface area (Å²) in [5.74, 6) is 0.338. The molecule has 1 aliphatic heterocycles. The molecule has 0 saturated carbocycles. The molecule has 0 saturated heterocycles. The SMILES string of the molecule is CN(Cc1cnn(-c2ccccc2)c1)C(=O)CCCN=C1NS(=O)(=O)c2ccccc21. The third-order valence-corrected chi connectivity index (χ3v) is 6.38. The molecule has 0 fully saturated rings. The van der Waals surface area contributed by atoms with E-state index in [1.165, 1.54) is 0 Å². The summed E-state index contributed by atoms with van der Waals surface area (Å²) < 4.78 is 28.5. The Kier molecular flexibility index (Phi) is 5.85. The van der Waals surface area contributed by atoms with Crippen molar-refractivity contribution in [3.05, 3.63) is 78.1 Å². The maximum Gasteiger partial charge on any atom is 0.263 e. The van der Waals surface area contributed by atoms with Crippen LogP contribution >= 0.6 is 0 Å². The van der Waals surface area contributed by atoms with E-state index in [9.17, 15) is 13.2 Å². The summed E-state index contributed by atoms with van der Waals surface area (Å²) in [6, 6.07) is 16.5. The maximum atomic E-state index is 12.5. The topological polar surface area (TPSA) is 96.7 Å². The normalized spacial score (nSPS) is 15.5. The second-order valence-corrected chi connectivity index (χ2v) is 8.96. The lowest BCUT2D eigenvalue weighted by Gasteiger charge is -2.15. The van der Waals surface area contributed by atoms with Crippen molar-refractivity contribution in [2.24, 2.45) is 4.99 Å². The lowest BCUT2D eigenvalue weighted by molar-refractivity contribution is -0.130. The molecule has 0 spiro atoms. The largest absolute Gasteiger partial charge is 0.341 e. The fourth-order valence-corrected chi connectivity index (χ4v) is 4.64. The van der Waals surface area contributed by atoms with Gasteiger partial charge in [0.25, 0.3) is 10.0 Å². The monoisotopic (exact) mass is 437 g/mol. The van der Waals surface area contributed by atoms with Gasteiger partial charge in [-0.2, -0.15) is 5.10 Å². The minimum atomic E-state index is -3.54. The van der Waals surface area contributed by atoms with Gasteiger partial charge in [0, 0.05) is 43.9 Å². The molecule has 0 bridgehead atoms. The molecule has 1 aromatic heterocycles. The van der Waals surface area contributed by atoms with Crippen LogP contribution in [0, 0.1) is 0 Å². The number of aromatic nitrogens is 2. The molecule has 1 aliphatic rings. The van der Waals surface area contributed by atoms with Crippen LogP contribution in [0.4, 0.5) is 0 Å². The van der Waals surface area contributed by atoms with Crippen LogP contribution in [0.25, 0.3) is 5.69 Å². The Morgan fingerprint density at radius 2 is 1.87 bits per heavy atom. The number of carbonyl (C=O) groups excluding carboxylic acids is 1. The summed E-state index contributed by atoms with van der Waals surface area (Å²) in [5, 5.41) is 4.35. The number of benzene rings is 2. The van der Waals surface area contributed by atoms with Crippen LogP contribution in [0.2, 0.25) is 0 Å². The van der Waals surface area contributed by atoms with Crippen molar-refractivity contribution in [2.75, 3.05) is 13.6 Å². The number of rotatable bonds is 7. The van der Waals surface area contributed by atoms with Crippen molar-refractivity contribution in [3.8, 4) is 5.69 Å². The molecule has 1 N–H and O–H groups in total. The molecule has 2 aromatic carbocycles. The molecule has 9 heteroatoms. The van der Waals surface area contributed by atoms with Crippen LogP contribution in [-0.2, 0) is 21.4 Å². The zero-order chi connectivity index (χ0) is 21.8. The molecule has 0 atom stereocenters. The average Bonchev–Trinajstić information content (AvgIpc) is 3.34. The Labute approximate surface area is 181 Å². The number of para-hydroxylation sites is 1. The van der Waals surface area contributed by atoms with Gasteiger partial charge in [-0.05, 0) is 30.7 Å². The highest BCUT2D eigenvalue weighted by molar-refractivity contribution is 7.90. The van der Waals surface area contributed by atoms with E-state index < -0.39 is 10.0 Å². The van der Waals surface area contributed by atoms with Crippen LogP contribution in [-0.4, -0.2) is 48.4 Å². The minimum Gasteiger partial charge on any atom is -0.341 e. The minimum absolute atomic E-state index is 0.0000592. The third-order valence-electron chi connectivity index (χ3n) is 4.98. The van der Waals surface area contributed by atoms with Crippen LogP contribution in [0.3, 0.4) is 0 Å². The van der Waals surface area contributed by atoms with Gasteiger partial charge >= 0.3 is 0 Å². The smallest absolute Gasteiger partial charge is 0.263 e. The van der Waals surface area contributed by atoms with E-state index >= 15 is 0 Å². The van der Waals surface area contributed by atoms with Crippen LogP contribution in [0.5, 0.6) is 0 Å². The molecular formula is C22H23N5O3S. The number of fused-ring (bicyclic) bond motifs is 1. The van der Waals surface area contributed by atoms with Gasteiger partial charge in [-0.15, -0.1) is 0 Å². The van der Waals surface area contributed by atoms with Gasteiger partial charge in [-0.1, -0.05) is 30.3 Å². The number of carbonyl (C=O) groups is 1. The Bertz CT molecular complexity index is 1220. The summed E-state index contributed by atoms with van der Waals surface area (Å²) in [6.45, 7) is 0.824. The van der Waals surface area contributed by atoms with E-state index in [0.717, 1.165) is 11.3 Å². The standard InChI is InChI=1S/C22H23N5O3S/c1-26(15-17-14-24-27(16-17)18-8-3-2-4-9-18)21(28)12-7-13-23-22-19-10-5-6-11-20(19)31(29,30)25-22/h2-6,8-11,14,16H,7,12-13,15H2,1H3,(H,23,25). The lowest BCUT2D eigenvalue weighted by atomic mass is 10.2. The number of amides is 1. The molecule has 4 rings (SSSR count). The molecule has 1 amide bonds. The van der Waals surface area contributed by atoms with E-state index in [2.05, 4.69) is 14.8 Å². The Balaban J connectivity index is 1.29. The lowest BCUT2D eigenvalue weighted by Crippen LogP contribution is -2.26. The van der Waals surface area contributed by atoms with E-state index in [1.54, 1.807) is 47.1 Å². The van der Waals surface area contributed by atoms with Crippen molar-refractivity contribution in [3.63, 3.8) is 0 Å². The second kappa shape index (κ2) is 8.73. The van der Waals surface area contributed by atoms with Gasteiger partial charge in [0.1, 0.15) is 5.84 Å². The van der Waals surface area contributed by atoms with Gasteiger partial charge in [-0.3, -0.25) is 14.5 Å². The number of hydrogen-bond acceptors (Lipinski definition) is 5. The van der Waals surface area contributed by atoms with Crippen molar-refractivity contribution in [2.45, 2.75) is 24.3 Å². The summed E-state index contributed by atoms with van der Waals surface area (Å²) in [4.78, 5) is 18.7. The number of nitrogens with one attached hydrogen (secondary N) is 1. The van der Waals surface area contributed by atoms with E-state index in [0.29, 0.717) is 37.3 Å². The summed E-state index contributed by atoms with van der Waals surface area (Å²) >= 11 is 0. The highest BCUT2D eigenvalue weighted by Crippen LogP contribution is 2.22. The van der Waals surface area contributed by atoms with Crippen molar-refractivity contribution in [1.29, 1.82) is 0 Å². The predicted molar refractivity (Wildman–Crippen MR) is 117 cm³/mol. The second-order valence-electron chi connectivity index (χ2n) is 7.31. The van der Waals surface area contributed by atoms with Crippen LogP contribution in [0.15, 0.2) is 76.9 Å². The molecule has 160 valence electrons. The first-order chi connectivity index (χ1) is 14.9. The third kappa shape index (κ3) is 4.66. The molecule has 0 aliphatic carbocycles. The fourth-order valence-electron chi connectivity index (χ4n) is 3.39. The molecule has 8 nitrogen and oxygen atoms in total. The van der Waals surface area contributed by atoms with Crippen LogP contribution in [0.1, 0.15) is 24.0 Å². The quantitative estimate of drug-likeness (QED) is 0.574. The highest BCUT2D eigenvalue weighted by Gasteiger charge is 2.29. The van der Waals surface area contributed by atoms with E-state index in [4.69, 9.17) is 0 Å². The van der Waals surface area contributed by atoms with Gasteiger partial charge in [0.15, 0.2) is 0 Å². The Morgan fingerprint density at radius 3 is 2.68 bits per heavy atom. The van der Waals surface area contributed by atoms with Gasteiger partial charge in [0.05, 0.1) is 16.8 Å². The number of hydrogen-bond donors (Lipinski definition) is 1. The van der Waals surface area contributed by atoms with Crippen molar-refractivity contribution >= 4 is 21.8 Å². The van der Waals surface area contributed by atoms with Gasteiger partial charge in [0.2, 0.25) is 5.91 Å². The maximum absolute atomic E-state index is 12.5. The number of amidine groups is 1. The van der Waals surface area contributed by atoms with Gasteiger partial charge < -0.3 is 4.90 Å². The molecular weight excluding hydrogens is 414 g/mol. The van der Waals surface area contributed by atoms with E-state index in [1.807, 2.05) is 36.5 Å². The Morgan fingerprint density at radius 1 is 1.13 bits per heavy atom. The average molecular weight is 438 g/mol. The summed E-state index contributed by atoms with van der Waals surface area (Å²) in [6.07, 6.45) is 4.52. The first-order valence-electron chi connectivity index (χ1n) is 9.94. The highest BCUT2D eigenvalue weighted by atomic mass is 32.2. The molecule has 2 heterocycles. The summed E-state index contributed by atoms with van der Waals surface area (Å²) in [5.41, 5.74) is 2.48. The molecule has 31 heavy (non-hydrogen) atoms. The zero-order valence-electron chi connectivity index (χ0n) is 17.1. The van der Waals surface area contributed by atoms with Crippen molar-refractivity contribution in [1.82, 2.24) is 19.4 Å². The molecule has 0 radical (unpaired) electrons. The van der Waals surface area contributed by atoms with Crippen molar-refractivity contribution < 1.29 is 13.2 Å².